The Balaban J connectivity index is 0.000000142. The van der Waals surface area contributed by atoms with E-state index in [1.807, 2.05) is 6.07 Å². The SMILES string of the molecule is Nc1ncc2c(n1)C1(CCCCC1)Oc1c(F)cccc1-2.O=C1Cc2cccc(F)c2OC12CCCCC2. The van der Waals surface area contributed by atoms with Crippen LogP contribution in [0.1, 0.15) is 75.5 Å². The number of aromatic nitrogens is 2. The zero-order valence-corrected chi connectivity index (χ0v) is 21.3. The molecule has 0 bridgehead atoms. The molecule has 2 fully saturated rings. The van der Waals surface area contributed by atoms with Gasteiger partial charge < -0.3 is 15.2 Å². The number of halogens is 2. The van der Waals surface area contributed by atoms with E-state index in [1.54, 1.807) is 24.4 Å². The fourth-order valence-corrected chi connectivity index (χ4v) is 6.37. The van der Waals surface area contributed by atoms with Crippen molar-refractivity contribution in [2.45, 2.75) is 81.8 Å². The first-order valence-corrected chi connectivity index (χ1v) is 13.5. The molecule has 198 valence electrons. The lowest BCUT2D eigenvalue weighted by atomic mass is 9.78. The average Bonchev–Trinajstić information content (AvgIpc) is 2.93. The number of nitrogens with zero attached hydrogens (tertiary/aromatic N) is 2. The first-order valence-electron chi connectivity index (χ1n) is 13.5. The van der Waals surface area contributed by atoms with Gasteiger partial charge in [0.1, 0.15) is 0 Å². The van der Waals surface area contributed by atoms with Crippen molar-refractivity contribution < 1.29 is 23.0 Å². The molecule has 1 aromatic heterocycles. The monoisotopic (exact) mass is 519 g/mol. The van der Waals surface area contributed by atoms with Gasteiger partial charge in [-0.1, -0.05) is 37.1 Å². The van der Waals surface area contributed by atoms with E-state index in [-0.39, 0.29) is 23.4 Å². The van der Waals surface area contributed by atoms with Crippen LogP contribution in [-0.2, 0) is 16.8 Å². The maximum Gasteiger partial charge on any atom is 0.220 e. The van der Waals surface area contributed by atoms with Crippen LogP contribution in [0, 0.1) is 11.6 Å². The third-order valence-electron chi connectivity index (χ3n) is 8.32. The molecule has 38 heavy (non-hydrogen) atoms. The number of fused-ring (bicyclic) bond motifs is 5. The molecule has 2 saturated carbocycles. The number of carbonyl (C=O) groups excluding carboxylic acids is 1. The van der Waals surface area contributed by atoms with Crippen LogP contribution >= 0.6 is 0 Å². The van der Waals surface area contributed by atoms with Gasteiger partial charge in [-0.05, 0) is 63.5 Å². The molecule has 2 aliphatic heterocycles. The summed E-state index contributed by atoms with van der Waals surface area (Å²) in [5, 5.41) is 0. The van der Waals surface area contributed by atoms with E-state index in [0.29, 0.717) is 29.0 Å². The fraction of sp³-hybridized carbons (Fsp3) is 0.433. The Morgan fingerprint density at radius 3 is 2.08 bits per heavy atom. The molecule has 8 heteroatoms. The van der Waals surface area contributed by atoms with Crippen molar-refractivity contribution in [3.63, 3.8) is 0 Å². The van der Waals surface area contributed by atoms with E-state index in [4.69, 9.17) is 15.2 Å². The maximum absolute atomic E-state index is 14.2. The minimum atomic E-state index is -0.729. The van der Waals surface area contributed by atoms with Gasteiger partial charge in [0.25, 0.3) is 0 Å². The fourth-order valence-electron chi connectivity index (χ4n) is 6.37. The molecule has 0 amide bonds. The first kappa shape index (κ1) is 24.8. The molecule has 0 unspecified atom stereocenters. The van der Waals surface area contributed by atoms with Crippen LogP contribution < -0.4 is 15.2 Å². The molecule has 2 aliphatic carbocycles. The molecule has 0 radical (unpaired) electrons. The minimum Gasteiger partial charge on any atom is -0.477 e. The molecule has 2 N–H and O–H groups in total. The summed E-state index contributed by atoms with van der Waals surface area (Å²) in [5.41, 5.74) is 7.53. The van der Waals surface area contributed by atoms with E-state index in [2.05, 4.69) is 9.97 Å². The van der Waals surface area contributed by atoms with Gasteiger partial charge in [-0.15, -0.1) is 0 Å². The van der Waals surface area contributed by atoms with E-state index < -0.39 is 11.2 Å². The number of nitrogen functional groups attached to an aromatic ring is 1. The van der Waals surface area contributed by atoms with Crippen LogP contribution in [0.2, 0.25) is 0 Å². The number of ether oxygens (including phenoxy) is 2. The second kappa shape index (κ2) is 9.64. The Bertz CT molecular complexity index is 1380. The lowest BCUT2D eigenvalue weighted by Gasteiger charge is -2.41. The van der Waals surface area contributed by atoms with E-state index in [1.165, 1.54) is 18.6 Å². The molecular formula is C30H31F2N3O3. The highest BCUT2D eigenvalue weighted by atomic mass is 19.1. The third-order valence-corrected chi connectivity index (χ3v) is 8.32. The zero-order valence-electron chi connectivity index (χ0n) is 21.3. The molecule has 2 spiro atoms. The van der Waals surface area contributed by atoms with Gasteiger partial charge in [-0.2, -0.15) is 0 Å². The number of rotatable bonds is 0. The van der Waals surface area contributed by atoms with Gasteiger partial charge in [-0.25, -0.2) is 18.7 Å². The van der Waals surface area contributed by atoms with Crippen LogP contribution in [0.5, 0.6) is 11.5 Å². The van der Waals surface area contributed by atoms with Crippen molar-refractivity contribution in [1.82, 2.24) is 9.97 Å². The number of benzene rings is 2. The van der Waals surface area contributed by atoms with Crippen molar-refractivity contribution >= 4 is 11.7 Å². The highest BCUT2D eigenvalue weighted by Gasteiger charge is 2.46. The number of ketones is 1. The number of carbonyl (C=O) groups is 1. The summed E-state index contributed by atoms with van der Waals surface area (Å²) in [7, 11) is 0. The summed E-state index contributed by atoms with van der Waals surface area (Å²) in [5.74, 6) is 0.298. The summed E-state index contributed by atoms with van der Waals surface area (Å²) >= 11 is 0. The summed E-state index contributed by atoms with van der Waals surface area (Å²) in [6.45, 7) is 0. The molecule has 2 aromatic carbocycles. The second-order valence-corrected chi connectivity index (χ2v) is 10.7. The van der Waals surface area contributed by atoms with Gasteiger partial charge in [0, 0.05) is 29.3 Å². The van der Waals surface area contributed by atoms with Crippen LogP contribution in [0.3, 0.4) is 0 Å². The summed E-state index contributed by atoms with van der Waals surface area (Å²) in [6.07, 6.45) is 11.6. The Hall–Kier alpha value is -3.55. The van der Waals surface area contributed by atoms with Gasteiger partial charge in [0.05, 0.1) is 5.69 Å². The maximum atomic E-state index is 14.2. The van der Waals surface area contributed by atoms with Crippen LogP contribution in [0.15, 0.2) is 42.6 Å². The number of nitrogens with two attached hydrogens (primary N) is 1. The zero-order chi connectivity index (χ0) is 26.3. The Morgan fingerprint density at radius 2 is 1.37 bits per heavy atom. The molecule has 4 aliphatic rings. The lowest BCUT2D eigenvalue weighted by molar-refractivity contribution is -0.138. The first-order chi connectivity index (χ1) is 18.4. The minimum absolute atomic E-state index is 0.121. The quantitative estimate of drug-likeness (QED) is 0.367. The lowest BCUT2D eigenvalue weighted by Crippen LogP contribution is -2.49. The number of hydrogen-bond donors (Lipinski definition) is 1. The highest BCUT2D eigenvalue weighted by Crippen LogP contribution is 2.51. The number of anilines is 1. The summed E-state index contributed by atoms with van der Waals surface area (Å²) in [6, 6.07) is 9.74. The van der Waals surface area contributed by atoms with Crippen LogP contribution in [0.25, 0.3) is 11.1 Å². The van der Waals surface area contributed by atoms with Crippen molar-refractivity contribution in [1.29, 1.82) is 0 Å². The molecule has 3 aromatic rings. The predicted molar refractivity (Wildman–Crippen MR) is 139 cm³/mol. The van der Waals surface area contributed by atoms with Gasteiger partial charge in [-0.3, -0.25) is 4.79 Å². The van der Waals surface area contributed by atoms with E-state index >= 15 is 0 Å². The molecule has 0 atom stereocenters. The van der Waals surface area contributed by atoms with Crippen LogP contribution in [-0.4, -0.2) is 21.4 Å². The Kier molecular flexibility index (Phi) is 6.28. The Labute approximate surface area is 220 Å². The van der Waals surface area contributed by atoms with Crippen molar-refractivity contribution in [3.05, 3.63) is 65.5 Å². The van der Waals surface area contributed by atoms with Crippen LogP contribution in [0.4, 0.5) is 14.7 Å². The normalized spacial score (nSPS) is 20.2. The average molecular weight is 520 g/mol. The van der Waals surface area contributed by atoms with E-state index in [0.717, 1.165) is 69.0 Å². The van der Waals surface area contributed by atoms with Crippen molar-refractivity contribution in [2.24, 2.45) is 0 Å². The smallest absolute Gasteiger partial charge is 0.220 e. The molecular weight excluding hydrogens is 488 g/mol. The molecule has 3 heterocycles. The van der Waals surface area contributed by atoms with E-state index in [9.17, 15) is 13.6 Å². The highest BCUT2D eigenvalue weighted by molar-refractivity contribution is 5.91. The molecule has 0 saturated heterocycles. The molecule has 7 rings (SSSR count). The van der Waals surface area contributed by atoms with Crippen molar-refractivity contribution in [3.8, 4) is 22.6 Å². The summed E-state index contributed by atoms with van der Waals surface area (Å²) < 4.78 is 39.8. The predicted octanol–water partition coefficient (Wildman–Crippen LogP) is 6.45. The third kappa shape index (κ3) is 4.20. The topological polar surface area (TPSA) is 87.3 Å². The largest absolute Gasteiger partial charge is 0.477 e. The van der Waals surface area contributed by atoms with Gasteiger partial charge in [0.15, 0.2) is 40.1 Å². The standard InChI is InChI=1S/C16H16FN3O.C14H15FO2/c17-12-6-4-5-10-11-9-19-15(18)20-14(11)16(21-13(10)12)7-2-1-3-8-16;15-11-6-4-5-10-9-12(16)14(17-13(10)11)7-2-1-3-8-14/h4-6,9H,1-3,7-8H2,(H2,18,19,20);4-6H,1-3,7-9H2. The van der Waals surface area contributed by atoms with Gasteiger partial charge >= 0.3 is 0 Å². The molecule has 6 nitrogen and oxygen atoms in total. The number of para-hydroxylation sites is 2. The van der Waals surface area contributed by atoms with Gasteiger partial charge in [0.2, 0.25) is 5.95 Å². The Morgan fingerprint density at radius 1 is 0.763 bits per heavy atom. The number of hydrogen-bond acceptors (Lipinski definition) is 6. The second-order valence-electron chi connectivity index (χ2n) is 10.7. The number of Topliss-reactive ketones (excluding diaryl/α,β-unsaturated/α-hetero) is 1. The summed E-state index contributed by atoms with van der Waals surface area (Å²) in [4.78, 5) is 20.7. The van der Waals surface area contributed by atoms with Crippen molar-refractivity contribution in [2.75, 3.05) is 5.73 Å².